The molecule has 0 fully saturated rings. The quantitative estimate of drug-likeness (QED) is 0.753. The predicted octanol–water partition coefficient (Wildman–Crippen LogP) is 2.73. The number of para-hydroxylation sites is 1. The molecule has 1 atom stereocenters. The van der Waals surface area contributed by atoms with E-state index in [1.165, 1.54) is 0 Å². The van der Waals surface area contributed by atoms with E-state index < -0.39 is 6.10 Å². The fraction of sp³-hybridized carbons (Fsp3) is 0.500. The molecule has 5 heteroatoms. The number of hydrogen-bond acceptors (Lipinski definition) is 3. The molecule has 0 aromatic heterocycles. The van der Waals surface area contributed by atoms with Crippen LogP contribution in [0.1, 0.15) is 13.3 Å². The van der Waals surface area contributed by atoms with Gasteiger partial charge in [0.15, 0.2) is 5.75 Å². The predicted molar refractivity (Wildman–Crippen MR) is 71.1 cm³/mol. The molecule has 1 rings (SSSR count). The van der Waals surface area contributed by atoms with E-state index in [0.29, 0.717) is 22.3 Å². The topological polar surface area (TPSA) is 41.5 Å². The Balaban J connectivity index is 2.39. The molecule has 0 amide bonds. The van der Waals surface area contributed by atoms with Crippen LogP contribution >= 0.6 is 23.2 Å². The van der Waals surface area contributed by atoms with E-state index in [-0.39, 0.29) is 6.61 Å². The third-order valence-electron chi connectivity index (χ3n) is 2.15. The van der Waals surface area contributed by atoms with Crippen LogP contribution in [-0.4, -0.2) is 30.9 Å². The normalized spacial score (nSPS) is 12.5. The van der Waals surface area contributed by atoms with Crippen molar-refractivity contribution < 1.29 is 9.84 Å². The molecule has 0 aliphatic carbocycles. The van der Waals surface area contributed by atoms with Crippen molar-refractivity contribution in [1.29, 1.82) is 0 Å². The number of benzene rings is 1. The maximum absolute atomic E-state index is 9.65. The average Bonchev–Trinajstić information content (AvgIpc) is 2.29. The molecule has 0 radical (unpaired) electrons. The van der Waals surface area contributed by atoms with E-state index in [1.807, 2.05) is 0 Å². The summed E-state index contributed by atoms with van der Waals surface area (Å²) in [7, 11) is 0. The first-order chi connectivity index (χ1) is 8.15. The van der Waals surface area contributed by atoms with Gasteiger partial charge < -0.3 is 15.2 Å². The number of hydrogen-bond donors (Lipinski definition) is 2. The maximum atomic E-state index is 9.65. The van der Waals surface area contributed by atoms with Gasteiger partial charge in [-0.1, -0.05) is 36.2 Å². The van der Waals surface area contributed by atoms with Crippen molar-refractivity contribution in [3.63, 3.8) is 0 Å². The van der Waals surface area contributed by atoms with Gasteiger partial charge in [-0.3, -0.25) is 0 Å². The van der Waals surface area contributed by atoms with Gasteiger partial charge in [-0.05, 0) is 25.1 Å². The number of nitrogens with one attached hydrogen (secondary N) is 1. The molecule has 0 aliphatic heterocycles. The zero-order valence-corrected chi connectivity index (χ0v) is 11.3. The molecule has 0 heterocycles. The fourth-order valence-corrected chi connectivity index (χ4v) is 1.81. The van der Waals surface area contributed by atoms with Crippen molar-refractivity contribution in [1.82, 2.24) is 5.32 Å². The summed E-state index contributed by atoms with van der Waals surface area (Å²) >= 11 is 11.9. The highest BCUT2D eigenvalue weighted by Gasteiger charge is 2.09. The number of ether oxygens (including phenoxy) is 1. The lowest BCUT2D eigenvalue weighted by Crippen LogP contribution is -2.31. The van der Waals surface area contributed by atoms with Crippen LogP contribution in [0.5, 0.6) is 5.75 Å². The van der Waals surface area contributed by atoms with Crippen molar-refractivity contribution in [2.75, 3.05) is 19.7 Å². The molecule has 2 N–H and O–H groups in total. The summed E-state index contributed by atoms with van der Waals surface area (Å²) in [4.78, 5) is 0. The van der Waals surface area contributed by atoms with Crippen LogP contribution in [0, 0.1) is 0 Å². The third-order valence-corrected chi connectivity index (χ3v) is 2.74. The monoisotopic (exact) mass is 277 g/mol. The lowest BCUT2D eigenvalue weighted by atomic mass is 10.3. The Bertz CT molecular complexity index is 327. The lowest BCUT2D eigenvalue weighted by molar-refractivity contribution is 0.107. The van der Waals surface area contributed by atoms with Gasteiger partial charge in [0, 0.05) is 6.54 Å². The van der Waals surface area contributed by atoms with Gasteiger partial charge in [0.2, 0.25) is 0 Å². The number of aliphatic hydroxyl groups excluding tert-OH is 1. The van der Waals surface area contributed by atoms with Crippen LogP contribution in [0.25, 0.3) is 0 Å². The Morgan fingerprint density at radius 3 is 2.59 bits per heavy atom. The second kappa shape index (κ2) is 7.77. The first kappa shape index (κ1) is 14.6. The smallest absolute Gasteiger partial charge is 0.156 e. The van der Waals surface area contributed by atoms with Gasteiger partial charge >= 0.3 is 0 Å². The van der Waals surface area contributed by atoms with Crippen molar-refractivity contribution in [2.24, 2.45) is 0 Å². The first-order valence-corrected chi connectivity index (χ1v) is 6.36. The minimum atomic E-state index is -0.575. The minimum Gasteiger partial charge on any atom is -0.488 e. The molecular weight excluding hydrogens is 261 g/mol. The Hall–Kier alpha value is -0.480. The summed E-state index contributed by atoms with van der Waals surface area (Å²) in [6.07, 6.45) is 0.457. The SMILES string of the molecule is CCCNCC(O)COc1c(Cl)cccc1Cl. The first-order valence-electron chi connectivity index (χ1n) is 5.60. The molecule has 17 heavy (non-hydrogen) atoms. The van der Waals surface area contributed by atoms with Crippen molar-refractivity contribution in [3.8, 4) is 5.75 Å². The molecular formula is C12H17Cl2NO2. The Morgan fingerprint density at radius 2 is 2.00 bits per heavy atom. The molecule has 0 saturated carbocycles. The third kappa shape index (κ3) is 5.13. The highest BCUT2D eigenvalue weighted by molar-refractivity contribution is 6.37. The van der Waals surface area contributed by atoms with Gasteiger partial charge in [-0.15, -0.1) is 0 Å². The van der Waals surface area contributed by atoms with Gasteiger partial charge in [0.05, 0.1) is 10.0 Å². The second-order valence-corrected chi connectivity index (χ2v) is 4.53. The summed E-state index contributed by atoms with van der Waals surface area (Å²) in [5.41, 5.74) is 0. The molecule has 0 aliphatic rings. The molecule has 1 unspecified atom stereocenters. The van der Waals surface area contributed by atoms with Crippen molar-refractivity contribution in [2.45, 2.75) is 19.4 Å². The van der Waals surface area contributed by atoms with E-state index in [9.17, 15) is 5.11 Å². The van der Waals surface area contributed by atoms with E-state index in [1.54, 1.807) is 18.2 Å². The molecule has 0 spiro atoms. The molecule has 1 aromatic carbocycles. The Morgan fingerprint density at radius 1 is 1.35 bits per heavy atom. The Kier molecular flexibility index (Phi) is 6.66. The highest BCUT2D eigenvalue weighted by atomic mass is 35.5. The van der Waals surface area contributed by atoms with Crippen LogP contribution in [0.4, 0.5) is 0 Å². The Labute approximate surface area is 112 Å². The number of halogens is 2. The highest BCUT2D eigenvalue weighted by Crippen LogP contribution is 2.32. The van der Waals surface area contributed by atoms with E-state index >= 15 is 0 Å². The van der Waals surface area contributed by atoms with Crippen LogP contribution in [-0.2, 0) is 0 Å². The lowest BCUT2D eigenvalue weighted by Gasteiger charge is -2.14. The van der Waals surface area contributed by atoms with E-state index in [0.717, 1.165) is 13.0 Å². The molecule has 96 valence electrons. The number of aliphatic hydroxyl groups is 1. The molecule has 0 bridgehead atoms. The molecule has 3 nitrogen and oxygen atoms in total. The standard InChI is InChI=1S/C12H17Cl2NO2/c1-2-6-15-7-9(16)8-17-12-10(13)4-3-5-11(12)14/h3-5,9,15-16H,2,6-8H2,1H3. The van der Waals surface area contributed by atoms with Crippen LogP contribution in [0.2, 0.25) is 10.0 Å². The summed E-state index contributed by atoms with van der Waals surface area (Å²) < 4.78 is 5.41. The van der Waals surface area contributed by atoms with Crippen molar-refractivity contribution >= 4 is 23.2 Å². The van der Waals surface area contributed by atoms with Crippen molar-refractivity contribution in [3.05, 3.63) is 28.2 Å². The molecule has 0 saturated heterocycles. The van der Waals surface area contributed by atoms with E-state index in [2.05, 4.69) is 12.2 Å². The zero-order chi connectivity index (χ0) is 12.7. The molecule has 1 aromatic rings. The number of rotatable bonds is 7. The minimum absolute atomic E-state index is 0.167. The summed E-state index contributed by atoms with van der Waals surface area (Å²) in [5.74, 6) is 0.422. The van der Waals surface area contributed by atoms with Crippen LogP contribution < -0.4 is 10.1 Å². The summed E-state index contributed by atoms with van der Waals surface area (Å²) in [5, 5.41) is 13.6. The van der Waals surface area contributed by atoms with Crippen LogP contribution in [0.15, 0.2) is 18.2 Å². The van der Waals surface area contributed by atoms with Gasteiger partial charge in [-0.2, -0.15) is 0 Å². The fourth-order valence-electron chi connectivity index (χ4n) is 1.30. The summed E-state index contributed by atoms with van der Waals surface area (Å²) in [6, 6.07) is 5.14. The van der Waals surface area contributed by atoms with Gasteiger partial charge in [0.25, 0.3) is 0 Å². The van der Waals surface area contributed by atoms with Gasteiger partial charge in [0.1, 0.15) is 12.7 Å². The average molecular weight is 278 g/mol. The summed E-state index contributed by atoms with van der Waals surface area (Å²) in [6.45, 7) is 3.61. The van der Waals surface area contributed by atoms with Crippen LogP contribution in [0.3, 0.4) is 0 Å². The second-order valence-electron chi connectivity index (χ2n) is 3.72. The zero-order valence-electron chi connectivity index (χ0n) is 9.75. The van der Waals surface area contributed by atoms with E-state index in [4.69, 9.17) is 27.9 Å². The maximum Gasteiger partial charge on any atom is 0.156 e. The van der Waals surface area contributed by atoms with Gasteiger partial charge in [-0.25, -0.2) is 0 Å². The largest absolute Gasteiger partial charge is 0.488 e.